The summed E-state index contributed by atoms with van der Waals surface area (Å²) >= 11 is 0. The molecule has 7 heteroatoms. The lowest BCUT2D eigenvalue weighted by Gasteiger charge is -2.02. The van der Waals surface area contributed by atoms with Gasteiger partial charge in [-0.15, -0.1) is 0 Å². The molecule has 1 aromatic rings. The SMILES string of the molecule is Cc1nn(C)c(OCCN)c1[N+](=O)[O-]. The quantitative estimate of drug-likeness (QED) is 0.544. The van der Waals surface area contributed by atoms with Crippen molar-refractivity contribution in [2.75, 3.05) is 13.2 Å². The monoisotopic (exact) mass is 200 g/mol. The molecule has 0 atom stereocenters. The normalized spacial score (nSPS) is 10.2. The third-order valence-electron chi connectivity index (χ3n) is 1.68. The minimum Gasteiger partial charge on any atom is -0.472 e. The first-order chi connectivity index (χ1) is 6.57. The second-order valence-corrected chi connectivity index (χ2v) is 2.76. The Morgan fingerprint density at radius 2 is 2.36 bits per heavy atom. The summed E-state index contributed by atoms with van der Waals surface area (Å²) in [6.07, 6.45) is 0. The second-order valence-electron chi connectivity index (χ2n) is 2.76. The van der Waals surface area contributed by atoms with Crippen molar-refractivity contribution < 1.29 is 9.66 Å². The Morgan fingerprint density at radius 3 is 2.86 bits per heavy atom. The Hall–Kier alpha value is -1.63. The van der Waals surface area contributed by atoms with E-state index in [1.807, 2.05) is 0 Å². The van der Waals surface area contributed by atoms with E-state index in [4.69, 9.17) is 10.5 Å². The van der Waals surface area contributed by atoms with Gasteiger partial charge in [0.2, 0.25) is 0 Å². The number of hydrogen-bond donors (Lipinski definition) is 1. The Bertz CT molecular complexity index is 347. The van der Waals surface area contributed by atoms with Crippen molar-refractivity contribution in [1.29, 1.82) is 0 Å². The maximum atomic E-state index is 10.7. The molecular formula is C7H12N4O3. The third kappa shape index (κ3) is 1.82. The van der Waals surface area contributed by atoms with E-state index < -0.39 is 4.92 Å². The molecule has 0 radical (unpaired) electrons. The Balaban J connectivity index is 3.05. The van der Waals surface area contributed by atoms with E-state index in [0.717, 1.165) is 0 Å². The van der Waals surface area contributed by atoms with E-state index in [1.165, 1.54) is 4.68 Å². The zero-order valence-electron chi connectivity index (χ0n) is 8.06. The Labute approximate surface area is 80.6 Å². The lowest BCUT2D eigenvalue weighted by molar-refractivity contribution is -0.386. The largest absolute Gasteiger partial charge is 0.472 e. The molecule has 2 N–H and O–H groups in total. The van der Waals surface area contributed by atoms with E-state index >= 15 is 0 Å². The van der Waals surface area contributed by atoms with Gasteiger partial charge in [0.25, 0.3) is 5.88 Å². The maximum absolute atomic E-state index is 10.7. The number of nitro groups is 1. The average molecular weight is 200 g/mol. The Kier molecular flexibility index (Phi) is 3.03. The summed E-state index contributed by atoms with van der Waals surface area (Å²) in [6.45, 7) is 2.11. The van der Waals surface area contributed by atoms with Crippen molar-refractivity contribution in [2.24, 2.45) is 12.8 Å². The summed E-state index contributed by atoms with van der Waals surface area (Å²) in [5.74, 6) is 0.151. The summed E-state index contributed by atoms with van der Waals surface area (Å²) in [7, 11) is 1.59. The molecule has 0 bridgehead atoms. The van der Waals surface area contributed by atoms with Gasteiger partial charge in [-0.25, -0.2) is 4.68 Å². The molecule has 0 fully saturated rings. The lowest BCUT2D eigenvalue weighted by Crippen LogP contribution is -2.13. The van der Waals surface area contributed by atoms with Gasteiger partial charge in [0, 0.05) is 13.6 Å². The fourth-order valence-electron chi connectivity index (χ4n) is 1.15. The van der Waals surface area contributed by atoms with E-state index in [0.29, 0.717) is 12.2 Å². The van der Waals surface area contributed by atoms with Crippen molar-refractivity contribution in [3.8, 4) is 5.88 Å². The minimum atomic E-state index is -0.506. The highest BCUT2D eigenvalue weighted by molar-refractivity contribution is 5.45. The fourth-order valence-corrected chi connectivity index (χ4v) is 1.15. The van der Waals surface area contributed by atoms with Crippen LogP contribution in [-0.4, -0.2) is 27.9 Å². The molecule has 78 valence electrons. The van der Waals surface area contributed by atoms with Crippen molar-refractivity contribution in [2.45, 2.75) is 6.92 Å². The molecule has 0 saturated heterocycles. The molecule has 0 aliphatic rings. The molecule has 7 nitrogen and oxygen atoms in total. The van der Waals surface area contributed by atoms with Crippen molar-refractivity contribution in [3.05, 3.63) is 15.8 Å². The van der Waals surface area contributed by atoms with Crippen LogP contribution < -0.4 is 10.5 Å². The van der Waals surface area contributed by atoms with Crippen molar-refractivity contribution in [3.63, 3.8) is 0 Å². The molecule has 0 spiro atoms. The van der Waals surface area contributed by atoms with Gasteiger partial charge in [-0.1, -0.05) is 0 Å². The van der Waals surface area contributed by atoms with Crippen LogP contribution in [0.15, 0.2) is 0 Å². The number of ether oxygens (including phenoxy) is 1. The molecule has 1 aromatic heterocycles. The van der Waals surface area contributed by atoms with Crippen LogP contribution >= 0.6 is 0 Å². The summed E-state index contributed by atoms with van der Waals surface area (Å²) in [5.41, 5.74) is 5.48. The smallest absolute Gasteiger partial charge is 0.353 e. The van der Waals surface area contributed by atoms with Crippen LogP contribution in [0.3, 0.4) is 0 Å². The predicted octanol–water partition coefficient (Wildman–Crippen LogP) is -0.0258. The van der Waals surface area contributed by atoms with Gasteiger partial charge >= 0.3 is 5.69 Å². The second kappa shape index (κ2) is 4.05. The number of aryl methyl sites for hydroxylation is 2. The van der Waals surface area contributed by atoms with Crippen LogP contribution in [0.25, 0.3) is 0 Å². The first-order valence-corrected chi connectivity index (χ1v) is 4.08. The van der Waals surface area contributed by atoms with Crippen molar-refractivity contribution >= 4 is 5.69 Å². The standard InChI is InChI=1S/C7H12N4O3/c1-5-6(11(12)13)7(10(2)9-5)14-4-3-8/h3-4,8H2,1-2H3. The van der Waals surface area contributed by atoms with Crippen LogP contribution in [0, 0.1) is 17.0 Å². The molecule has 0 unspecified atom stereocenters. The van der Waals surface area contributed by atoms with E-state index in [2.05, 4.69) is 5.10 Å². The number of nitrogens with zero attached hydrogens (tertiary/aromatic N) is 3. The number of rotatable bonds is 4. The molecule has 0 aliphatic carbocycles. The summed E-state index contributed by atoms with van der Waals surface area (Å²) in [4.78, 5) is 10.2. The Morgan fingerprint density at radius 1 is 1.71 bits per heavy atom. The molecule has 0 aromatic carbocycles. The zero-order chi connectivity index (χ0) is 10.7. The van der Waals surface area contributed by atoms with Crippen LogP contribution in [-0.2, 0) is 7.05 Å². The highest BCUT2D eigenvalue weighted by Gasteiger charge is 2.25. The first-order valence-electron chi connectivity index (χ1n) is 4.08. The number of aromatic nitrogens is 2. The predicted molar refractivity (Wildman–Crippen MR) is 49.1 cm³/mol. The van der Waals surface area contributed by atoms with E-state index in [-0.39, 0.29) is 18.2 Å². The van der Waals surface area contributed by atoms with Crippen molar-refractivity contribution in [1.82, 2.24) is 9.78 Å². The molecule has 1 rings (SSSR count). The zero-order valence-corrected chi connectivity index (χ0v) is 8.06. The highest BCUT2D eigenvalue weighted by Crippen LogP contribution is 2.29. The molecule has 1 heterocycles. The van der Waals surface area contributed by atoms with Gasteiger partial charge in [-0.2, -0.15) is 5.10 Å². The number of nitrogens with two attached hydrogens (primary N) is 1. The van der Waals surface area contributed by atoms with Gasteiger partial charge in [-0.05, 0) is 6.92 Å². The van der Waals surface area contributed by atoms with Crippen LogP contribution in [0.1, 0.15) is 5.69 Å². The molecule has 0 amide bonds. The lowest BCUT2D eigenvalue weighted by atomic mass is 10.4. The molecule has 0 aliphatic heterocycles. The summed E-state index contributed by atoms with van der Waals surface area (Å²) in [6, 6.07) is 0. The third-order valence-corrected chi connectivity index (χ3v) is 1.68. The summed E-state index contributed by atoms with van der Waals surface area (Å²) in [5, 5.41) is 14.6. The van der Waals surface area contributed by atoms with Gasteiger partial charge in [0.1, 0.15) is 12.3 Å². The topological polar surface area (TPSA) is 96.2 Å². The maximum Gasteiger partial charge on any atom is 0.353 e. The highest BCUT2D eigenvalue weighted by atomic mass is 16.6. The first kappa shape index (κ1) is 10.5. The molecular weight excluding hydrogens is 188 g/mol. The van der Waals surface area contributed by atoms with Crippen LogP contribution in [0.2, 0.25) is 0 Å². The van der Waals surface area contributed by atoms with Gasteiger partial charge in [-0.3, -0.25) is 10.1 Å². The van der Waals surface area contributed by atoms with E-state index in [9.17, 15) is 10.1 Å². The minimum absolute atomic E-state index is 0.0963. The van der Waals surface area contributed by atoms with E-state index in [1.54, 1.807) is 14.0 Å². The molecule has 14 heavy (non-hydrogen) atoms. The average Bonchev–Trinajstić information content (AvgIpc) is 2.37. The molecule has 0 saturated carbocycles. The van der Waals surface area contributed by atoms with Gasteiger partial charge in [0.05, 0.1) is 4.92 Å². The number of hydrogen-bond acceptors (Lipinski definition) is 5. The van der Waals surface area contributed by atoms with Crippen LogP contribution in [0.4, 0.5) is 5.69 Å². The summed E-state index contributed by atoms with van der Waals surface area (Å²) < 4.78 is 6.47. The fraction of sp³-hybridized carbons (Fsp3) is 0.571. The van der Waals surface area contributed by atoms with Gasteiger partial charge in [0.15, 0.2) is 0 Å². The van der Waals surface area contributed by atoms with Crippen LogP contribution in [0.5, 0.6) is 5.88 Å². The van der Waals surface area contributed by atoms with Gasteiger partial charge < -0.3 is 10.5 Å².